The highest BCUT2D eigenvalue weighted by Gasteiger charge is 2.12. The molecule has 2 N–H and O–H groups in total. The second-order valence-corrected chi connectivity index (χ2v) is 5.57. The van der Waals surface area contributed by atoms with Crippen molar-refractivity contribution in [1.82, 2.24) is 9.97 Å². The maximum absolute atomic E-state index is 10.8. The Bertz CT molecular complexity index is 922. The van der Waals surface area contributed by atoms with Crippen LogP contribution in [0.2, 0.25) is 0 Å². The lowest BCUT2D eigenvalue weighted by molar-refractivity contribution is -0.385. The third kappa shape index (κ3) is 2.94. The van der Waals surface area contributed by atoms with E-state index in [1.54, 1.807) is 0 Å². The molecule has 0 fully saturated rings. The Labute approximate surface area is 134 Å². The summed E-state index contributed by atoms with van der Waals surface area (Å²) >= 11 is 1.51. The van der Waals surface area contributed by atoms with Gasteiger partial charge >= 0.3 is 5.69 Å². The number of rotatable bonds is 4. The van der Waals surface area contributed by atoms with Crippen molar-refractivity contribution in [1.29, 1.82) is 0 Å². The van der Waals surface area contributed by atoms with Crippen LogP contribution in [0.1, 0.15) is 11.1 Å². The Kier molecular flexibility index (Phi) is 3.85. The Balaban J connectivity index is 1.83. The van der Waals surface area contributed by atoms with E-state index in [9.17, 15) is 15.2 Å². The number of nitro groups is 1. The number of phenols is 1. The topological polar surface area (TPSA) is 114 Å². The second-order valence-electron chi connectivity index (χ2n) is 4.69. The molecular weight excluding hydrogens is 318 g/mol. The maximum Gasteiger partial charge on any atom is 0.311 e. The van der Waals surface area contributed by atoms with Gasteiger partial charge in [-0.3, -0.25) is 15.5 Å². The molecule has 0 spiro atoms. The first kappa shape index (κ1) is 14.9. The van der Waals surface area contributed by atoms with E-state index in [-0.39, 0.29) is 11.4 Å². The summed E-state index contributed by atoms with van der Waals surface area (Å²) in [6.07, 6.45) is 2.87. The van der Waals surface area contributed by atoms with Crippen LogP contribution in [0.15, 0.2) is 35.0 Å². The van der Waals surface area contributed by atoms with Crippen molar-refractivity contribution in [2.75, 3.05) is 5.43 Å². The molecule has 0 aliphatic carbocycles. The summed E-state index contributed by atoms with van der Waals surface area (Å²) in [4.78, 5) is 18.5. The minimum Gasteiger partial charge on any atom is -0.502 e. The van der Waals surface area contributed by atoms with E-state index < -0.39 is 4.92 Å². The smallest absolute Gasteiger partial charge is 0.311 e. The van der Waals surface area contributed by atoms with Crippen LogP contribution in [-0.2, 0) is 0 Å². The SMILES string of the molecule is Cc1csc2c(N/N=C/c3ccc(O)c([N+](=O)[O-])c3)ncnc12. The van der Waals surface area contributed by atoms with Gasteiger partial charge in [-0.25, -0.2) is 9.97 Å². The number of hydrazone groups is 1. The number of nitrogens with zero attached hydrogens (tertiary/aromatic N) is 4. The number of phenolic OH excluding ortho intramolecular Hbond substituents is 1. The number of thiophene rings is 1. The lowest BCUT2D eigenvalue weighted by Crippen LogP contribution is -1.95. The van der Waals surface area contributed by atoms with Crippen molar-refractivity contribution in [3.8, 4) is 5.75 Å². The monoisotopic (exact) mass is 329 g/mol. The second kappa shape index (κ2) is 5.97. The van der Waals surface area contributed by atoms with Crippen LogP contribution in [0.4, 0.5) is 11.5 Å². The molecular formula is C14H11N5O3S. The van der Waals surface area contributed by atoms with Gasteiger partial charge in [0.15, 0.2) is 11.6 Å². The first-order valence-electron chi connectivity index (χ1n) is 6.51. The Morgan fingerprint density at radius 1 is 1.43 bits per heavy atom. The van der Waals surface area contributed by atoms with E-state index in [0.717, 1.165) is 15.8 Å². The zero-order chi connectivity index (χ0) is 16.4. The fourth-order valence-electron chi connectivity index (χ4n) is 1.98. The van der Waals surface area contributed by atoms with Crippen LogP contribution in [0.3, 0.4) is 0 Å². The molecule has 0 amide bonds. The van der Waals surface area contributed by atoms with Crippen molar-refractivity contribution in [2.24, 2.45) is 5.10 Å². The number of nitro benzene ring substituents is 1. The van der Waals surface area contributed by atoms with E-state index in [0.29, 0.717) is 11.4 Å². The number of aryl methyl sites for hydroxylation is 1. The molecule has 0 aliphatic heterocycles. The molecule has 23 heavy (non-hydrogen) atoms. The number of hydrogen-bond acceptors (Lipinski definition) is 8. The lowest BCUT2D eigenvalue weighted by atomic mass is 10.2. The van der Waals surface area contributed by atoms with Crippen molar-refractivity contribution in [3.63, 3.8) is 0 Å². The van der Waals surface area contributed by atoms with Crippen LogP contribution in [-0.4, -0.2) is 26.2 Å². The number of nitrogens with one attached hydrogen (secondary N) is 1. The van der Waals surface area contributed by atoms with E-state index in [1.165, 1.54) is 42.1 Å². The number of aromatic hydroxyl groups is 1. The zero-order valence-electron chi connectivity index (χ0n) is 11.9. The maximum atomic E-state index is 10.8. The molecule has 3 aromatic rings. The van der Waals surface area contributed by atoms with Crippen molar-refractivity contribution in [2.45, 2.75) is 6.92 Å². The minimum absolute atomic E-state index is 0.368. The molecule has 2 heterocycles. The quantitative estimate of drug-likeness (QED) is 0.432. The van der Waals surface area contributed by atoms with Crippen LogP contribution in [0.25, 0.3) is 10.2 Å². The molecule has 1 aromatic carbocycles. The molecule has 0 saturated carbocycles. The third-order valence-electron chi connectivity index (χ3n) is 3.11. The largest absolute Gasteiger partial charge is 0.502 e. The fourth-order valence-corrected chi connectivity index (χ4v) is 2.93. The molecule has 9 heteroatoms. The van der Waals surface area contributed by atoms with Gasteiger partial charge in [-0.05, 0) is 30.0 Å². The average Bonchev–Trinajstić information content (AvgIpc) is 2.91. The van der Waals surface area contributed by atoms with Crippen molar-refractivity contribution < 1.29 is 10.0 Å². The fraction of sp³-hybridized carbons (Fsp3) is 0.0714. The molecule has 0 bridgehead atoms. The molecule has 0 aliphatic rings. The molecule has 0 atom stereocenters. The first-order valence-corrected chi connectivity index (χ1v) is 7.39. The van der Waals surface area contributed by atoms with Crippen LogP contribution in [0, 0.1) is 17.0 Å². The summed E-state index contributed by atoms with van der Waals surface area (Å²) in [7, 11) is 0. The predicted molar refractivity (Wildman–Crippen MR) is 88.1 cm³/mol. The van der Waals surface area contributed by atoms with Crippen LogP contribution >= 0.6 is 11.3 Å². The Hall–Kier alpha value is -3.07. The third-order valence-corrected chi connectivity index (χ3v) is 4.20. The molecule has 116 valence electrons. The summed E-state index contributed by atoms with van der Waals surface area (Å²) in [6.45, 7) is 1.97. The van der Waals surface area contributed by atoms with Gasteiger partial charge in [-0.15, -0.1) is 11.3 Å². The summed E-state index contributed by atoms with van der Waals surface area (Å²) in [5, 5.41) is 26.2. The Morgan fingerprint density at radius 2 is 2.26 bits per heavy atom. The van der Waals surface area contributed by atoms with Gasteiger partial charge in [0.25, 0.3) is 0 Å². The average molecular weight is 329 g/mol. The van der Waals surface area contributed by atoms with E-state index in [4.69, 9.17) is 0 Å². The number of benzene rings is 1. The molecule has 2 aromatic heterocycles. The summed E-state index contributed by atoms with van der Waals surface area (Å²) in [6, 6.07) is 4.02. The van der Waals surface area contributed by atoms with Gasteiger partial charge < -0.3 is 5.11 Å². The van der Waals surface area contributed by atoms with Gasteiger partial charge in [-0.1, -0.05) is 0 Å². The normalized spacial score (nSPS) is 11.2. The zero-order valence-corrected chi connectivity index (χ0v) is 12.7. The van der Waals surface area contributed by atoms with Crippen molar-refractivity contribution in [3.05, 3.63) is 51.1 Å². The predicted octanol–water partition coefficient (Wildman–Crippen LogP) is 3.06. The highest BCUT2D eigenvalue weighted by atomic mass is 32.1. The molecule has 3 rings (SSSR count). The van der Waals surface area contributed by atoms with Gasteiger partial charge in [0, 0.05) is 11.6 Å². The summed E-state index contributed by atoms with van der Waals surface area (Å²) in [5.74, 6) is 0.185. The highest BCUT2D eigenvalue weighted by Crippen LogP contribution is 2.28. The van der Waals surface area contributed by atoms with E-state index in [2.05, 4.69) is 20.5 Å². The van der Waals surface area contributed by atoms with E-state index >= 15 is 0 Å². The van der Waals surface area contributed by atoms with Gasteiger partial charge in [-0.2, -0.15) is 5.10 Å². The summed E-state index contributed by atoms with van der Waals surface area (Å²) in [5.41, 5.74) is 4.85. The van der Waals surface area contributed by atoms with E-state index in [1.807, 2.05) is 12.3 Å². The molecule has 0 saturated heterocycles. The standard InChI is InChI=1S/C14H11N5O3S/c1-8-6-23-13-12(8)15-7-16-14(13)18-17-5-9-2-3-11(20)10(4-9)19(21)22/h2-7,20H,1H3,(H,15,16,18)/b17-5+. The minimum atomic E-state index is -0.650. The number of hydrogen-bond donors (Lipinski definition) is 2. The number of fused-ring (bicyclic) bond motifs is 1. The summed E-state index contributed by atoms with van der Waals surface area (Å²) < 4.78 is 0.888. The molecule has 8 nitrogen and oxygen atoms in total. The van der Waals surface area contributed by atoms with Crippen LogP contribution in [0.5, 0.6) is 5.75 Å². The van der Waals surface area contributed by atoms with Gasteiger partial charge in [0.05, 0.1) is 21.4 Å². The number of aromatic nitrogens is 2. The van der Waals surface area contributed by atoms with Crippen LogP contribution < -0.4 is 5.43 Å². The van der Waals surface area contributed by atoms with Gasteiger partial charge in [0.1, 0.15) is 6.33 Å². The highest BCUT2D eigenvalue weighted by molar-refractivity contribution is 7.18. The van der Waals surface area contributed by atoms with Gasteiger partial charge in [0.2, 0.25) is 0 Å². The molecule has 0 radical (unpaired) electrons. The number of anilines is 1. The molecule has 0 unspecified atom stereocenters. The van der Waals surface area contributed by atoms with Crippen molar-refractivity contribution >= 4 is 39.3 Å². The lowest BCUT2D eigenvalue weighted by Gasteiger charge is -2.01. The Morgan fingerprint density at radius 3 is 3.04 bits per heavy atom. The first-order chi connectivity index (χ1) is 11.1.